The van der Waals surface area contributed by atoms with Gasteiger partial charge in [0.25, 0.3) is 5.91 Å². The van der Waals surface area contributed by atoms with Crippen LogP contribution in [0.3, 0.4) is 0 Å². The summed E-state index contributed by atoms with van der Waals surface area (Å²) in [6, 6.07) is 23.0. The Morgan fingerprint density at radius 2 is 1.59 bits per heavy atom. The summed E-state index contributed by atoms with van der Waals surface area (Å²) in [6.45, 7) is 11.9. The molecule has 3 aromatic carbocycles. The van der Waals surface area contributed by atoms with Gasteiger partial charge in [-0.05, 0) is 86.9 Å². The fourth-order valence-electron chi connectivity index (χ4n) is 5.82. The first-order chi connectivity index (χ1) is 21.4. The topological polar surface area (TPSA) is 91.3 Å². The van der Waals surface area contributed by atoms with Crippen LogP contribution in [0.4, 0.5) is 5.69 Å². The van der Waals surface area contributed by atoms with Crippen LogP contribution >= 0.6 is 0 Å². The highest BCUT2D eigenvalue weighted by atomic mass is 16.3. The van der Waals surface area contributed by atoms with E-state index in [2.05, 4.69) is 46.2 Å². The number of phenols is 1. The van der Waals surface area contributed by atoms with Gasteiger partial charge >= 0.3 is 0 Å². The number of aromatic hydroxyl groups is 1. The molecule has 238 valence electrons. The van der Waals surface area contributed by atoms with Gasteiger partial charge in [0.2, 0.25) is 0 Å². The van der Waals surface area contributed by atoms with E-state index in [1.165, 1.54) is 0 Å². The van der Waals surface area contributed by atoms with Crippen molar-refractivity contribution in [2.45, 2.75) is 58.3 Å². The van der Waals surface area contributed by atoms with Gasteiger partial charge in [0, 0.05) is 62.6 Å². The minimum absolute atomic E-state index is 0.193. The number of anilines is 1. The second-order valence-corrected chi connectivity index (χ2v) is 12.0. The summed E-state index contributed by atoms with van der Waals surface area (Å²) in [5, 5.41) is 28.2. The van der Waals surface area contributed by atoms with Crippen molar-refractivity contribution < 1.29 is 15.0 Å². The fraction of sp³-hybridized carbons (Fsp3) is 0.472. The van der Waals surface area contributed by atoms with Crippen molar-refractivity contribution in [1.82, 2.24) is 20.4 Å². The summed E-state index contributed by atoms with van der Waals surface area (Å²) in [4.78, 5) is 20.4. The minimum Gasteiger partial charge on any atom is -0.508 e. The zero-order valence-electron chi connectivity index (χ0n) is 26.7. The molecule has 44 heavy (non-hydrogen) atoms. The molecule has 1 heterocycles. The van der Waals surface area contributed by atoms with Gasteiger partial charge in [-0.1, -0.05) is 50.2 Å². The highest BCUT2D eigenvalue weighted by Crippen LogP contribution is 2.21. The Hall–Kier alpha value is -3.43. The van der Waals surface area contributed by atoms with Crippen molar-refractivity contribution in [1.29, 1.82) is 0 Å². The van der Waals surface area contributed by atoms with Crippen LogP contribution in [0.2, 0.25) is 0 Å². The summed E-state index contributed by atoms with van der Waals surface area (Å²) < 4.78 is 0. The molecule has 1 amide bonds. The van der Waals surface area contributed by atoms with Crippen LogP contribution in [0, 0.1) is 0 Å². The van der Waals surface area contributed by atoms with Gasteiger partial charge < -0.3 is 30.6 Å². The van der Waals surface area contributed by atoms with E-state index in [0.717, 1.165) is 74.5 Å². The molecule has 1 fully saturated rings. The third-order valence-electron chi connectivity index (χ3n) is 8.38. The Balaban J connectivity index is 1.37. The molecule has 0 aromatic heterocycles. The van der Waals surface area contributed by atoms with E-state index < -0.39 is 12.1 Å². The van der Waals surface area contributed by atoms with E-state index in [4.69, 9.17) is 0 Å². The monoisotopic (exact) mass is 601 g/mol. The van der Waals surface area contributed by atoms with E-state index >= 15 is 0 Å². The Kier molecular flexibility index (Phi) is 13.1. The summed E-state index contributed by atoms with van der Waals surface area (Å²) in [6.07, 6.45) is 1.86. The molecule has 4 rings (SSSR count). The maximum atomic E-state index is 13.3. The second-order valence-electron chi connectivity index (χ2n) is 12.0. The Labute approximate surface area is 263 Å². The quantitative estimate of drug-likeness (QED) is 0.195. The predicted octanol–water partition coefficient (Wildman–Crippen LogP) is 4.26. The molecular formula is C36H51N5O3. The molecule has 3 aromatic rings. The number of nitrogens with zero attached hydrogens (tertiary/aromatic N) is 3. The van der Waals surface area contributed by atoms with E-state index in [0.29, 0.717) is 37.4 Å². The number of hydrogen-bond acceptors (Lipinski definition) is 7. The number of phenolic OH excluding ortho intramolecular Hbond substituents is 1. The van der Waals surface area contributed by atoms with E-state index in [-0.39, 0.29) is 5.91 Å². The number of carbonyl (C=O) groups excluding carboxylic acids is 1. The van der Waals surface area contributed by atoms with Crippen molar-refractivity contribution in [3.63, 3.8) is 0 Å². The number of rotatable bonds is 16. The molecule has 8 nitrogen and oxygen atoms in total. The van der Waals surface area contributed by atoms with Crippen molar-refractivity contribution in [3.8, 4) is 5.75 Å². The predicted molar refractivity (Wildman–Crippen MR) is 179 cm³/mol. The fourth-order valence-corrected chi connectivity index (χ4v) is 5.82. The van der Waals surface area contributed by atoms with Crippen LogP contribution in [0.1, 0.15) is 53.7 Å². The number of hydrogen-bond donors (Lipinski definition) is 4. The Morgan fingerprint density at radius 3 is 2.25 bits per heavy atom. The molecule has 0 saturated carbocycles. The van der Waals surface area contributed by atoms with Gasteiger partial charge in [0.05, 0.1) is 12.1 Å². The third kappa shape index (κ3) is 10.1. The highest BCUT2D eigenvalue weighted by Gasteiger charge is 2.23. The lowest BCUT2D eigenvalue weighted by Gasteiger charge is -2.34. The maximum absolute atomic E-state index is 13.3. The normalized spacial score (nSPS) is 15.3. The van der Waals surface area contributed by atoms with Crippen molar-refractivity contribution >= 4 is 11.6 Å². The summed E-state index contributed by atoms with van der Waals surface area (Å²) in [5.74, 6) is 0.120. The van der Waals surface area contributed by atoms with Gasteiger partial charge in [0.1, 0.15) is 5.75 Å². The average molecular weight is 602 g/mol. The summed E-state index contributed by atoms with van der Waals surface area (Å²) in [7, 11) is 2.14. The van der Waals surface area contributed by atoms with Crippen molar-refractivity contribution in [3.05, 3.63) is 95.1 Å². The standard InChI is InChI=1S/C36H51N5O3/c1-4-17-40(18-5-2)27-31-23-29(11-16-34(31)42)25-37-26-35(43)33(24-28-9-7-6-8-10-28)38-36(44)30-12-14-32(15-13-30)41-21-19-39(3)20-22-41/h6-16,23,33,35,37,42-43H,4-5,17-22,24-27H2,1-3H3,(H,38,44)/t33-,35+/m0/s1. The number of amides is 1. The number of piperazine rings is 1. The molecule has 0 aliphatic carbocycles. The molecule has 1 aliphatic rings. The molecule has 1 saturated heterocycles. The largest absolute Gasteiger partial charge is 0.508 e. The van der Waals surface area contributed by atoms with Crippen LogP contribution < -0.4 is 15.5 Å². The molecular weight excluding hydrogens is 550 g/mol. The molecule has 1 aliphatic heterocycles. The molecule has 0 radical (unpaired) electrons. The van der Waals surface area contributed by atoms with Crippen LogP contribution in [-0.4, -0.2) is 90.9 Å². The van der Waals surface area contributed by atoms with Crippen LogP contribution in [0.15, 0.2) is 72.8 Å². The van der Waals surface area contributed by atoms with Crippen LogP contribution in [0.5, 0.6) is 5.75 Å². The maximum Gasteiger partial charge on any atom is 0.251 e. The molecule has 0 unspecified atom stereocenters. The van der Waals surface area contributed by atoms with E-state index in [1.807, 2.05) is 66.7 Å². The number of aliphatic hydroxyl groups excluding tert-OH is 1. The summed E-state index contributed by atoms with van der Waals surface area (Å²) >= 11 is 0. The van der Waals surface area contributed by atoms with Gasteiger partial charge in [-0.15, -0.1) is 0 Å². The number of carbonyl (C=O) groups is 1. The lowest BCUT2D eigenvalue weighted by atomic mass is 10.00. The first kappa shape index (κ1) is 33.5. The highest BCUT2D eigenvalue weighted by molar-refractivity contribution is 5.94. The molecule has 0 bridgehead atoms. The number of nitrogens with one attached hydrogen (secondary N) is 2. The number of likely N-dealkylation sites (N-methyl/N-ethyl adjacent to an activating group) is 1. The molecule has 4 N–H and O–H groups in total. The first-order valence-corrected chi connectivity index (χ1v) is 16.2. The lowest BCUT2D eigenvalue weighted by molar-refractivity contribution is 0.0830. The van der Waals surface area contributed by atoms with E-state index in [1.54, 1.807) is 6.07 Å². The molecule has 0 spiro atoms. The van der Waals surface area contributed by atoms with Crippen LogP contribution in [0.25, 0.3) is 0 Å². The minimum atomic E-state index is -0.801. The number of benzene rings is 3. The van der Waals surface area contributed by atoms with Gasteiger partial charge in [0.15, 0.2) is 0 Å². The van der Waals surface area contributed by atoms with Crippen molar-refractivity contribution in [2.75, 3.05) is 57.8 Å². The molecule has 2 atom stereocenters. The zero-order valence-corrected chi connectivity index (χ0v) is 26.7. The smallest absolute Gasteiger partial charge is 0.251 e. The van der Waals surface area contributed by atoms with Gasteiger partial charge in [-0.25, -0.2) is 0 Å². The molecule has 8 heteroatoms. The van der Waals surface area contributed by atoms with Gasteiger partial charge in [-0.2, -0.15) is 0 Å². The lowest BCUT2D eigenvalue weighted by Crippen LogP contribution is -2.48. The average Bonchev–Trinajstić information content (AvgIpc) is 3.03. The van der Waals surface area contributed by atoms with Crippen molar-refractivity contribution in [2.24, 2.45) is 0 Å². The SMILES string of the molecule is CCCN(CCC)Cc1cc(CNC[C@@H](O)[C@H](Cc2ccccc2)NC(=O)c2ccc(N3CCN(C)CC3)cc2)ccc1O. The van der Waals surface area contributed by atoms with Gasteiger partial charge in [-0.3, -0.25) is 9.69 Å². The van der Waals surface area contributed by atoms with Crippen LogP contribution in [-0.2, 0) is 19.5 Å². The number of aliphatic hydroxyl groups is 1. The first-order valence-electron chi connectivity index (χ1n) is 16.2. The zero-order chi connectivity index (χ0) is 31.3. The Morgan fingerprint density at radius 1 is 0.909 bits per heavy atom. The Bertz CT molecular complexity index is 1270. The van der Waals surface area contributed by atoms with E-state index in [9.17, 15) is 15.0 Å². The third-order valence-corrected chi connectivity index (χ3v) is 8.38. The second kappa shape index (κ2) is 17.2. The summed E-state index contributed by atoms with van der Waals surface area (Å²) in [5.41, 5.74) is 4.72.